The lowest BCUT2D eigenvalue weighted by molar-refractivity contribution is 0.0690. The smallest absolute Gasteiger partial charge is 0.356 e. The Kier molecular flexibility index (Phi) is 3.34. The second-order valence-electron chi connectivity index (χ2n) is 4.12. The van der Waals surface area contributed by atoms with Crippen LogP contribution in [0.1, 0.15) is 36.2 Å². The molecule has 0 spiro atoms. The molecular formula is C11H15N3O2. The monoisotopic (exact) mass is 221 g/mol. The number of carboxylic acids is 1. The van der Waals surface area contributed by atoms with E-state index in [1.165, 1.54) is 38.1 Å². The van der Waals surface area contributed by atoms with Gasteiger partial charge in [0.25, 0.3) is 0 Å². The molecule has 0 bridgehead atoms. The first-order valence-electron chi connectivity index (χ1n) is 5.55. The molecule has 1 aromatic heterocycles. The summed E-state index contributed by atoms with van der Waals surface area (Å²) in [6, 6.07) is 0. The second kappa shape index (κ2) is 4.92. The van der Waals surface area contributed by atoms with E-state index in [2.05, 4.69) is 15.3 Å². The summed E-state index contributed by atoms with van der Waals surface area (Å²) in [5.74, 6) is 0.327. The van der Waals surface area contributed by atoms with E-state index < -0.39 is 5.97 Å². The number of hydrogen-bond donors (Lipinski definition) is 2. The molecule has 1 heterocycles. The molecule has 1 aliphatic rings. The summed E-state index contributed by atoms with van der Waals surface area (Å²) in [4.78, 5) is 18.4. The minimum atomic E-state index is -1.05. The van der Waals surface area contributed by atoms with Gasteiger partial charge >= 0.3 is 5.97 Å². The van der Waals surface area contributed by atoms with Crippen molar-refractivity contribution in [2.75, 3.05) is 11.9 Å². The van der Waals surface area contributed by atoms with E-state index in [4.69, 9.17) is 5.11 Å². The maximum atomic E-state index is 10.6. The van der Waals surface area contributed by atoms with Crippen molar-refractivity contribution < 1.29 is 9.90 Å². The van der Waals surface area contributed by atoms with E-state index in [1.54, 1.807) is 0 Å². The van der Waals surface area contributed by atoms with Crippen LogP contribution in [0.15, 0.2) is 12.4 Å². The fourth-order valence-electron chi connectivity index (χ4n) is 1.99. The Hall–Kier alpha value is -1.65. The number of carbonyl (C=O) groups is 1. The maximum absolute atomic E-state index is 10.6. The first-order valence-corrected chi connectivity index (χ1v) is 5.55. The van der Waals surface area contributed by atoms with E-state index >= 15 is 0 Å². The first kappa shape index (κ1) is 10.9. The van der Waals surface area contributed by atoms with Crippen LogP contribution in [0.25, 0.3) is 0 Å². The summed E-state index contributed by atoms with van der Waals surface area (Å²) in [6.45, 7) is 0.904. The van der Waals surface area contributed by atoms with Gasteiger partial charge in [-0.3, -0.25) is 0 Å². The Morgan fingerprint density at radius 1 is 1.38 bits per heavy atom. The minimum absolute atomic E-state index is 0.0218. The van der Waals surface area contributed by atoms with Crippen molar-refractivity contribution in [1.82, 2.24) is 9.97 Å². The van der Waals surface area contributed by atoms with Crippen LogP contribution in [0.5, 0.6) is 0 Å². The third-order valence-electron chi connectivity index (χ3n) is 2.92. The Labute approximate surface area is 93.9 Å². The van der Waals surface area contributed by atoms with Crippen molar-refractivity contribution in [3.05, 3.63) is 18.1 Å². The number of nitrogens with one attached hydrogen (secondary N) is 1. The molecule has 0 aliphatic heterocycles. The van der Waals surface area contributed by atoms with E-state index in [9.17, 15) is 4.79 Å². The van der Waals surface area contributed by atoms with Gasteiger partial charge in [-0.1, -0.05) is 12.8 Å². The normalized spacial score (nSPS) is 16.2. The predicted molar refractivity (Wildman–Crippen MR) is 59.4 cm³/mol. The summed E-state index contributed by atoms with van der Waals surface area (Å²) in [7, 11) is 0. The summed E-state index contributed by atoms with van der Waals surface area (Å²) < 4.78 is 0. The molecule has 0 aromatic carbocycles. The molecule has 0 saturated heterocycles. The summed E-state index contributed by atoms with van der Waals surface area (Å²) >= 11 is 0. The quantitative estimate of drug-likeness (QED) is 0.810. The Bertz CT molecular complexity index is 358. The number of aromatic carboxylic acids is 1. The largest absolute Gasteiger partial charge is 0.476 e. The van der Waals surface area contributed by atoms with Crippen molar-refractivity contribution in [2.24, 2.45) is 5.92 Å². The second-order valence-corrected chi connectivity index (χ2v) is 4.12. The van der Waals surface area contributed by atoms with Gasteiger partial charge in [-0.25, -0.2) is 14.8 Å². The standard InChI is InChI=1S/C11H15N3O2/c15-11(16)9-6-14-10(7-12-9)13-5-8-3-1-2-4-8/h6-8H,1-5H2,(H,13,14)(H,15,16). The molecule has 5 nitrogen and oxygen atoms in total. The zero-order valence-electron chi connectivity index (χ0n) is 9.02. The fourth-order valence-corrected chi connectivity index (χ4v) is 1.99. The van der Waals surface area contributed by atoms with Crippen LogP contribution in [0.3, 0.4) is 0 Å². The molecule has 0 radical (unpaired) electrons. The summed E-state index contributed by atoms with van der Waals surface area (Å²) in [5.41, 5.74) is -0.0218. The van der Waals surface area contributed by atoms with Gasteiger partial charge in [0.2, 0.25) is 0 Å². The van der Waals surface area contributed by atoms with E-state index in [-0.39, 0.29) is 5.69 Å². The van der Waals surface area contributed by atoms with Gasteiger partial charge in [-0.05, 0) is 18.8 Å². The van der Waals surface area contributed by atoms with Gasteiger partial charge in [0, 0.05) is 6.54 Å². The highest BCUT2D eigenvalue weighted by atomic mass is 16.4. The lowest BCUT2D eigenvalue weighted by Gasteiger charge is -2.10. The average molecular weight is 221 g/mol. The highest BCUT2D eigenvalue weighted by Gasteiger charge is 2.14. The molecular weight excluding hydrogens is 206 g/mol. The molecule has 1 saturated carbocycles. The van der Waals surface area contributed by atoms with Crippen molar-refractivity contribution in [3.63, 3.8) is 0 Å². The van der Waals surface area contributed by atoms with E-state index in [0.717, 1.165) is 12.5 Å². The van der Waals surface area contributed by atoms with Crippen molar-refractivity contribution in [3.8, 4) is 0 Å². The van der Waals surface area contributed by atoms with Crippen LogP contribution < -0.4 is 5.32 Å². The Morgan fingerprint density at radius 2 is 2.12 bits per heavy atom. The SMILES string of the molecule is O=C(O)c1cnc(NCC2CCCC2)cn1. The number of hydrogen-bond acceptors (Lipinski definition) is 4. The third kappa shape index (κ3) is 2.68. The highest BCUT2D eigenvalue weighted by Crippen LogP contribution is 2.24. The number of nitrogens with zero attached hydrogens (tertiary/aromatic N) is 2. The summed E-state index contributed by atoms with van der Waals surface area (Å²) in [5, 5.41) is 11.8. The minimum Gasteiger partial charge on any atom is -0.476 e. The van der Waals surface area contributed by atoms with Gasteiger partial charge < -0.3 is 10.4 Å². The zero-order chi connectivity index (χ0) is 11.4. The van der Waals surface area contributed by atoms with Crippen LogP contribution in [0.2, 0.25) is 0 Å². The van der Waals surface area contributed by atoms with E-state index in [1.807, 2.05) is 0 Å². The van der Waals surface area contributed by atoms with Crippen LogP contribution >= 0.6 is 0 Å². The fraction of sp³-hybridized carbons (Fsp3) is 0.545. The van der Waals surface area contributed by atoms with Gasteiger partial charge in [0.05, 0.1) is 12.4 Å². The molecule has 1 aliphatic carbocycles. The lowest BCUT2D eigenvalue weighted by Crippen LogP contribution is -2.12. The lowest BCUT2D eigenvalue weighted by atomic mass is 10.1. The topological polar surface area (TPSA) is 75.1 Å². The zero-order valence-corrected chi connectivity index (χ0v) is 9.02. The Balaban J connectivity index is 1.87. The first-order chi connectivity index (χ1) is 7.75. The number of aromatic nitrogens is 2. The predicted octanol–water partition coefficient (Wildman–Crippen LogP) is 1.78. The van der Waals surface area contributed by atoms with Gasteiger partial charge in [-0.15, -0.1) is 0 Å². The highest BCUT2D eigenvalue weighted by molar-refractivity contribution is 5.84. The molecule has 0 atom stereocenters. The molecule has 86 valence electrons. The molecule has 16 heavy (non-hydrogen) atoms. The number of anilines is 1. The molecule has 2 N–H and O–H groups in total. The molecule has 0 unspecified atom stereocenters. The van der Waals surface area contributed by atoms with Crippen LogP contribution in [0, 0.1) is 5.92 Å². The van der Waals surface area contributed by atoms with E-state index in [0.29, 0.717) is 5.82 Å². The number of rotatable bonds is 4. The van der Waals surface area contributed by atoms with Crippen molar-refractivity contribution >= 4 is 11.8 Å². The van der Waals surface area contributed by atoms with Gasteiger partial charge in [-0.2, -0.15) is 0 Å². The van der Waals surface area contributed by atoms with Gasteiger partial charge in [0.15, 0.2) is 5.69 Å². The third-order valence-corrected chi connectivity index (χ3v) is 2.92. The molecule has 1 aromatic rings. The van der Waals surface area contributed by atoms with Crippen LogP contribution in [-0.4, -0.2) is 27.6 Å². The molecule has 5 heteroatoms. The van der Waals surface area contributed by atoms with Crippen LogP contribution in [-0.2, 0) is 0 Å². The van der Waals surface area contributed by atoms with Gasteiger partial charge in [0.1, 0.15) is 5.82 Å². The van der Waals surface area contributed by atoms with Crippen LogP contribution in [0.4, 0.5) is 5.82 Å². The van der Waals surface area contributed by atoms with Crippen molar-refractivity contribution in [2.45, 2.75) is 25.7 Å². The molecule has 2 rings (SSSR count). The Morgan fingerprint density at radius 3 is 2.69 bits per heavy atom. The molecule has 0 amide bonds. The number of carboxylic acid groups (broad SMARTS) is 1. The van der Waals surface area contributed by atoms with Crippen molar-refractivity contribution in [1.29, 1.82) is 0 Å². The average Bonchev–Trinajstić information content (AvgIpc) is 2.80. The summed E-state index contributed by atoms with van der Waals surface area (Å²) in [6.07, 6.45) is 7.92. The molecule has 1 fully saturated rings. The maximum Gasteiger partial charge on any atom is 0.356 e.